The molecule has 1 atom stereocenters. The summed E-state index contributed by atoms with van der Waals surface area (Å²) in [5.74, 6) is 2.43. The van der Waals surface area contributed by atoms with E-state index in [9.17, 15) is 0 Å². The van der Waals surface area contributed by atoms with Crippen LogP contribution in [0.5, 0.6) is 0 Å². The van der Waals surface area contributed by atoms with Gasteiger partial charge in [-0.25, -0.2) is 0 Å². The molecule has 0 aromatic heterocycles. The highest BCUT2D eigenvalue weighted by molar-refractivity contribution is 5.79. The van der Waals surface area contributed by atoms with E-state index >= 15 is 0 Å². The van der Waals surface area contributed by atoms with Crippen LogP contribution in [0, 0.1) is 11.8 Å². The molecule has 1 aliphatic rings. The summed E-state index contributed by atoms with van der Waals surface area (Å²) in [5.41, 5.74) is 0. The molecule has 19 heavy (non-hydrogen) atoms. The first-order valence-corrected chi connectivity index (χ1v) is 7.86. The minimum atomic E-state index is 0.610. The predicted octanol–water partition coefficient (Wildman–Crippen LogP) is 1.93. The first-order valence-electron chi connectivity index (χ1n) is 7.86. The zero-order valence-electron chi connectivity index (χ0n) is 13.2. The molecule has 0 aromatic rings. The Morgan fingerprint density at radius 2 is 2.16 bits per heavy atom. The molecule has 1 fully saturated rings. The van der Waals surface area contributed by atoms with Crippen molar-refractivity contribution in [2.24, 2.45) is 16.8 Å². The van der Waals surface area contributed by atoms with Crippen molar-refractivity contribution in [1.29, 1.82) is 0 Å². The predicted molar refractivity (Wildman–Crippen MR) is 83.7 cm³/mol. The van der Waals surface area contributed by atoms with Gasteiger partial charge in [0, 0.05) is 32.7 Å². The Balaban J connectivity index is 2.25. The minimum Gasteiger partial charge on any atom is -0.357 e. The van der Waals surface area contributed by atoms with Gasteiger partial charge in [0.15, 0.2) is 5.96 Å². The molecule has 0 spiro atoms. The zero-order valence-corrected chi connectivity index (χ0v) is 13.2. The van der Waals surface area contributed by atoms with Crippen LogP contribution >= 0.6 is 0 Å². The van der Waals surface area contributed by atoms with Gasteiger partial charge in [-0.3, -0.25) is 4.99 Å². The number of likely N-dealkylation sites (tertiary alicyclic amines) is 1. The fourth-order valence-corrected chi connectivity index (χ4v) is 2.44. The molecule has 112 valence electrons. The third-order valence-corrected chi connectivity index (χ3v) is 3.42. The molecular weight excluding hydrogens is 236 g/mol. The molecule has 0 saturated carbocycles. The molecule has 1 unspecified atom stereocenters. The van der Waals surface area contributed by atoms with Crippen molar-refractivity contribution in [3.63, 3.8) is 0 Å². The molecule has 0 aromatic carbocycles. The lowest BCUT2D eigenvalue weighted by molar-refractivity contribution is 0.187. The minimum absolute atomic E-state index is 0.610. The summed E-state index contributed by atoms with van der Waals surface area (Å²) in [6, 6.07) is 0. The van der Waals surface area contributed by atoms with Gasteiger partial charge in [0.1, 0.15) is 0 Å². The van der Waals surface area contributed by atoms with E-state index in [0.717, 1.165) is 38.1 Å². The first-order chi connectivity index (χ1) is 9.11. The average molecular weight is 268 g/mol. The lowest BCUT2D eigenvalue weighted by Crippen LogP contribution is -2.43. The van der Waals surface area contributed by atoms with Gasteiger partial charge in [0.2, 0.25) is 0 Å². The van der Waals surface area contributed by atoms with Crippen molar-refractivity contribution >= 4 is 5.96 Å². The number of piperidine rings is 1. The highest BCUT2D eigenvalue weighted by Crippen LogP contribution is 2.14. The van der Waals surface area contributed by atoms with Crippen LogP contribution in [-0.2, 0) is 0 Å². The number of guanidine groups is 1. The molecule has 4 heteroatoms. The largest absolute Gasteiger partial charge is 0.357 e. The van der Waals surface area contributed by atoms with E-state index in [0.29, 0.717) is 5.92 Å². The van der Waals surface area contributed by atoms with Crippen LogP contribution in [0.1, 0.15) is 40.5 Å². The van der Waals surface area contributed by atoms with Gasteiger partial charge in [-0.2, -0.15) is 0 Å². The fraction of sp³-hybridized carbons (Fsp3) is 0.933. The second-order valence-electron chi connectivity index (χ2n) is 6.09. The third-order valence-electron chi connectivity index (χ3n) is 3.42. The molecule has 1 aliphatic heterocycles. The third kappa shape index (κ3) is 7.41. The lowest BCUT2D eigenvalue weighted by atomic mass is 10.0. The number of aliphatic imine (C=N–C) groups is 1. The van der Waals surface area contributed by atoms with Crippen molar-refractivity contribution in [2.45, 2.75) is 40.5 Å². The topological polar surface area (TPSA) is 39.7 Å². The van der Waals surface area contributed by atoms with Crippen LogP contribution in [-0.4, -0.2) is 50.1 Å². The number of hydrogen-bond acceptors (Lipinski definition) is 2. The van der Waals surface area contributed by atoms with Crippen LogP contribution in [0.15, 0.2) is 4.99 Å². The van der Waals surface area contributed by atoms with Gasteiger partial charge in [-0.1, -0.05) is 20.8 Å². The highest BCUT2D eigenvalue weighted by Gasteiger charge is 2.15. The van der Waals surface area contributed by atoms with Gasteiger partial charge in [-0.15, -0.1) is 0 Å². The second kappa shape index (κ2) is 9.18. The Hall–Kier alpha value is -0.770. The number of hydrogen-bond donors (Lipinski definition) is 2. The Morgan fingerprint density at radius 1 is 1.37 bits per heavy atom. The monoisotopic (exact) mass is 268 g/mol. The van der Waals surface area contributed by atoms with Gasteiger partial charge >= 0.3 is 0 Å². The second-order valence-corrected chi connectivity index (χ2v) is 6.09. The molecular formula is C15H32N4. The molecule has 1 saturated heterocycles. The summed E-state index contributed by atoms with van der Waals surface area (Å²) in [6.07, 6.45) is 2.74. The molecule has 0 radical (unpaired) electrons. The Morgan fingerprint density at radius 3 is 2.79 bits per heavy atom. The van der Waals surface area contributed by atoms with Crippen molar-refractivity contribution < 1.29 is 0 Å². The summed E-state index contributed by atoms with van der Waals surface area (Å²) in [6.45, 7) is 15.3. The fourth-order valence-electron chi connectivity index (χ4n) is 2.44. The Kier molecular flexibility index (Phi) is 7.87. The van der Waals surface area contributed by atoms with E-state index in [4.69, 9.17) is 0 Å². The highest BCUT2D eigenvalue weighted by atomic mass is 15.2. The lowest BCUT2D eigenvalue weighted by Gasteiger charge is -2.30. The maximum absolute atomic E-state index is 4.59. The molecule has 2 N–H and O–H groups in total. The summed E-state index contributed by atoms with van der Waals surface area (Å²) in [7, 11) is 0. The summed E-state index contributed by atoms with van der Waals surface area (Å²) in [4.78, 5) is 7.15. The van der Waals surface area contributed by atoms with Crippen molar-refractivity contribution in [1.82, 2.24) is 15.5 Å². The first kappa shape index (κ1) is 16.3. The average Bonchev–Trinajstić information content (AvgIpc) is 2.36. The normalized spacial score (nSPS) is 21.7. The molecule has 1 heterocycles. The van der Waals surface area contributed by atoms with Crippen molar-refractivity contribution in [3.05, 3.63) is 0 Å². The van der Waals surface area contributed by atoms with Gasteiger partial charge in [-0.05, 0) is 38.1 Å². The molecule has 1 rings (SSSR count). The van der Waals surface area contributed by atoms with Gasteiger partial charge in [0.25, 0.3) is 0 Å². The van der Waals surface area contributed by atoms with Crippen molar-refractivity contribution in [3.8, 4) is 0 Å². The Labute approximate surface area is 119 Å². The zero-order chi connectivity index (χ0) is 14.1. The molecule has 4 nitrogen and oxygen atoms in total. The van der Waals surface area contributed by atoms with Gasteiger partial charge in [0.05, 0.1) is 0 Å². The van der Waals surface area contributed by atoms with Gasteiger partial charge < -0.3 is 15.5 Å². The Bertz CT molecular complexity index is 263. The van der Waals surface area contributed by atoms with Crippen LogP contribution < -0.4 is 10.6 Å². The van der Waals surface area contributed by atoms with Crippen LogP contribution in [0.25, 0.3) is 0 Å². The van der Waals surface area contributed by atoms with E-state index in [1.54, 1.807) is 0 Å². The van der Waals surface area contributed by atoms with E-state index in [2.05, 4.69) is 48.2 Å². The number of rotatable bonds is 6. The molecule has 0 aliphatic carbocycles. The summed E-state index contributed by atoms with van der Waals surface area (Å²) >= 11 is 0. The summed E-state index contributed by atoms with van der Waals surface area (Å²) < 4.78 is 0. The number of nitrogens with zero attached hydrogens (tertiary/aromatic N) is 2. The van der Waals surface area contributed by atoms with Crippen LogP contribution in [0.2, 0.25) is 0 Å². The quantitative estimate of drug-likeness (QED) is 0.571. The van der Waals surface area contributed by atoms with Crippen LogP contribution in [0.4, 0.5) is 0 Å². The van der Waals surface area contributed by atoms with Crippen LogP contribution in [0.3, 0.4) is 0 Å². The van der Waals surface area contributed by atoms with E-state index < -0.39 is 0 Å². The van der Waals surface area contributed by atoms with E-state index in [-0.39, 0.29) is 0 Å². The van der Waals surface area contributed by atoms with E-state index in [1.165, 1.54) is 25.9 Å². The SMILES string of the molecule is CCNC(=NCC(C)C)NCCN1CCCC(C)C1. The maximum Gasteiger partial charge on any atom is 0.191 e. The van der Waals surface area contributed by atoms with Crippen molar-refractivity contribution in [2.75, 3.05) is 39.3 Å². The standard InChI is InChI=1S/C15H32N4/c1-5-16-15(18-11-13(2)3)17-8-10-19-9-6-7-14(4)12-19/h13-14H,5-12H2,1-4H3,(H2,16,17,18). The maximum atomic E-state index is 4.59. The molecule has 0 bridgehead atoms. The smallest absolute Gasteiger partial charge is 0.191 e. The van der Waals surface area contributed by atoms with E-state index in [1.807, 2.05) is 0 Å². The molecule has 0 amide bonds. The number of nitrogens with one attached hydrogen (secondary N) is 2. The summed E-state index contributed by atoms with van der Waals surface area (Å²) in [5, 5.41) is 6.74.